The number of aromatic nitrogens is 2. The summed E-state index contributed by atoms with van der Waals surface area (Å²) in [6, 6.07) is 8.96. The molecule has 7 nitrogen and oxygen atoms in total. The number of carbonyl (C=O) groups is 1. The van der Waals surface area contributed by atoms with Crippen LogP contribution >= 0.6 is 0 Å². The molecular formula is C18H21N3O4. The molecular weight excluding hydrogens is 322 g/mol. The minimum atomic E-state index is -0.307. The third-order valence-corrected chi connectivity index (χ3v) is 3.94. The SMILES string of the molecule is COc1ccc(OCC(=O)N2CCO[C@H](c3nccc(C)n3)C2)cc1. The number of amides is 1. The van der Waals surface area contributed by atoms with Crippen LogP contribution in [-0.4, -0.2) is 54.2 Å². The topological polar surface area (TPSA) is 73.8 Å². The zero-order valence-corrected chi connectivity index (χ0v) is 14.3. The Kier molecular flexibility index (Phi) is 5.45. The van der Waals surface area contributed by atoms with Crippen LogP contribution in [0.2, 0.25) is 0 Å². The summed E-state index contributed by atoms with van der Waals surface area (Å²) in [7, 11) is 1.60. The second kappa shape index (κ2) is 7.94. The summed E-state index contributed by atoms with van der Waals surface area (Å²) < 4.78 is 16.4. The van der Waals surface area contributed by atoms with Crippen molar-refractivity contribution in [3.05, 3.63) is 48.0 Å². The van der Waals surface area contributed by atoms with Crippen LogP contribution in [0.4, 0.5) is 0 Å². The van der Waals surface area contributed by atoms with Crippen LogP contribution in [0, 0.1) is 6.92 Å². The van der Waals surface area contributed by atoms with Crippen LogP contribution in [0.3, 0.4) is 0 Å². The van der Waals surface area contributed by atoms with E-state index in [-0.39, 0.29) is 18.6 Å². The average molecular weight is 343 g/mol. The van der Waals surface area contributed by atoms with E-state index in [1.807, 2.05) is 13.0 Å². The smallest absolute Gasteiger partial charge is 0.260 e. The molecule has 0 saturated carbocycles. The molecule has 0 bridgehead atoms. The average Bonchev–Trinajstić information content (AvgIpc) is 2.66. The number of carbonyl (C=O) groups excluding carboxylic acids is 1. The molecule has 1 saturated heterocycles. The van der Waals surface area contributed by atoms with E-state index in [2.05, 4.69) is 9.97 Å². The van der Waals surface area contributed by atoms with Gasteiger partial charge in [0.2, 0.25) is 0 Å². The van der Waals surface area contributed by atoms with E-state index >= 15 is 0 Å². The summed E-state index contributed by atoms with van der Waals surface area (Å²) in [4.78, 5) is 22.8. The van der Waals surface area contributed by atoms with Gasteiger partial charge in [-0.2, -0.15) is 0 Å². The number of hydrogen-bond donors (Lipinski definition) is 0. The highest BCUT2D eigenvalue weighted by Gasteiger charge is 2.27. The van der Waals surface area contributed by atoms with Crippen LogP contribution < -0.4 is 9.47 Å². The summed E-state index contributed by atoms with van der Waals surface area (Å²) in [5.74, 6) is 1.89. The standard InChI is InChI=1S/C18H21N3O4/c1-13-7-8-19-18(20-13)16-11-21(9-10-24-16)17(22)12-25-15-5-3-14(23-2)4-6-15/h3-8,16H,9-12H2,1-2H3/t16-/m0/s1. The Morgan fingerprint density at radius 2 is 2.04 bits per heavy atom. The molecule has 2 heterocycles. The van der Waals surface area contributed by atoms with Crippen molar-refractivity contribution in [2.75, 3.05) is 33.4 Å². The van der Waals surface area contributed by atoms with Gasteiger partial charge in [0.15, 0.2) is 12.4 Å². The molecule has 1 amide bonds. The van der Waals surface area contributed by atoms with Gasteiger partial charge in [-0.05, 0) is 37.3 Å². The van der Waals surface area contributed by atoms with Crippen LogP contribution in [0.25, 0.3) is 0 Å². The number of aryl methyl sites for hydroxylation is 1. The van der Waals surface area contributed by atoms with Gasteiger partial charge in [0.25, 0.3) is 5.91 Å². The lowest BCUT2D eigenvalue weighted by Crippen LogP contribution is -2.44. The summed E-state index contributed by atoms with van der Waals surface area (Å²) in [6.07, 6.45) is 1.40. The molecule has 7 heteroatoms. The molecule has 2 aromatic rings. The lowest BCUT2D eigenvalue weighted by atomic mass is 10.2. The molecule has 1 aromatic heterocycles. The van der Waals surface area contributed by atoms with Crippen LogP contribution in [0.1, 0.15) is 17.6 Å². The van der Waals surface area contributed by atoms with Gasteiger partial charge in [-0.1, -0.05) is 0 Å². The van der Waals surface area contributed by atoms with Crippen molar-refractivity contribution in [1.82, 2.24) is 14.9 Å². The molecule has 1 aliphatic heterocycles. The Morgan fingerprint density at radius 3 is 2.76 bits per heavy atom. The summed E-state index contributed by atoms with van der Waals surface area (Å²) >= 11 is 0. The quantitative estimate of drug-likeness (QED) is 0.824. The number of methoxy groups -OCH3 is 1. The predicted molar refractivity (Wildman–Crippen MR) is 90.5 cm³/mol. The van der Waals surface area contributed by atoms with E-state index < -0.39 is 0 Å². The molecule has 1 aliphatic rings. The third-order valence-electron chi connectivity index (χ3n) is 3.94. The van der Waals surface area contributed by atoms with E-state index in [1.165, 1.54) is 0 Å². The second-order valence-corrected chi connectivity index (χ2v) is 5.72. The fourth-order valence-corrected chi connectivity index (χ4v) is 2.56. The zero-order chi connectivity index (χ0) is 17.6. The molecule has 0 unspecified atom stereocenters. The van der Waals surface area contributed by atoms with Crippen LogP contribution in [0.5, 0.6) is 11.5 Å². The molecule has 132 valence electrons. The molecule has 25 heavy (non-hydrogen) atoms. The Bertz CT molecular complexity index is 721. The normalized spacial score (nSPS) is 17.2. The maximum Gasteiger partial charge on any atom is 0.260 e. The van der Waals surface area contributed by atoms with Crippen molar-refractivity contribution in [2.24, 2.45) is 0 Å². The van der Waals surface area contributed by atoms with E-state index in [9.17, 15) is 4.79 Å². The lowest BCUT2D eigenvalue weighted by molar-refractivity contribution is -0.141. The number of benzene rings is 1. The number of hydrogen-bond acceptors (Lipinski definition) is 6. The molecule has 0 aliphatic carbocycles. The first-order chi connectivity index (χ1) is 12.2. The summed E-state index contributed by atoms with van der Waals surface area (Å²) in [5, 5.41) is 0. The van der Waals surface area contributed by atoms with Crippen LogP contribution in [0.15, 0.2) is 36.5 Å². The van der Waals surface area contributed by atoms with Gasteiger partial charge in [-0.25, -0.2) is 9.97 Å². The maximum atomic E-state index is 12.4. The largest absolute Gasteiger partial charge is 0.497 e. The summed E-state index contributed by atoms with van der Waals surface area (Å²) in [5.41, 5.74) is 0.875. The predicted octanol–water partition coefficient (Wildman–Crippen LogP) is 1.77. The van der Waals surface area contributed by atoms with Crippen LogP contribution in [-0.2, 0) is 9.53 Å². The number of ether oxygens (including phenoxy) is 3. The molecule has 0 N–H and O–H groups in total. The molecule has 1 aromatic carbocycles. The Labute approximate surface area is 146 Å². The Hall–Kier alpha value is -2.67. The Balaban J connectivity index is 1.56. The van der Waals surface area contributed by atoms with Crippen molar-refractivity contribution in [3.8, 4) is 11.5 Å². The highest BCUT2D eigenvalue weighted by molar-refractivity contribution is 5.77. The lowest BCUT2D eigenvalue weighted by Gasteiger charge is -2.32. The zero-order valence-electron chi connectivity index (χ0n) is 14.3. The fraction of sp³-hybridized carbons (Fsp3) is 0.389. The Morgan fingerprint density at radius 1 is 1.28 bits per heavy atom. The maximum absolute atomic E-state index is 12.4. The number of rotatable bonds is 5. The van der Waals surface area contributed by atoms with Gasteiger partial charge < -0.3 is 19.1 Å². The monoisotopic (exact) mass is 343 g/mol. The van der Waals surface area contributed by atoms with E-state index in [4.69, 9.17) is 14.2 Å². The first kappa shape index (κ1) is 17.2. The molecule has 1 fully saturated rings. The van der Waals surface area contributed by atoms with Crippen molar-refractivity contribution in [2.45, 2.75) is 13.0 Å². The number of morpholine rings is 1. The van der Waals surface area contributed by atoms with Crippen molar-refractivity contribution >= 4 is 5.91 Å². The van der Waals surface area contributed by atoms with Crippen molar-refractivity contribution < 1.29 is 19.0 Å². The van der Waals surface area contributed by atoms with E-state index in [1.54, 1.807) is 42.5 Å². The van der Waals surface area contributed by atoms with Crippen molar-refractivity contribution in [1.29, 1.82) is 0 Å². The van der Waals surface area contributed by atoms with E-state index in [0.717, 1.165) is 11.4 Å². The second-order valence-electron chi connectivity index (χ2n) is 5.72. The number of nitrogens with zero attached hydrogens (tertiary/aromatic N) is 3. The van der Waals surface area contributed by atoms with E-state index in [0.29, 0.717) is 31.3 Å². The highest BCUT2D eigenvalue weighted by atomic mass is 16.5. The highest BCUT2D eigenvalue weighted by Crippen LogP contribution is 2.20. The summed E-state index contributed by atoms with van der Waals surface area (Å²) in [6.45, 7) is 3.30. The molecule has 0 radical (unpaired) electrons. The van der Waals surface area contributed by atoms with Gasteiger partial charge in [0.05, 0.1) is 20.3 Å². The van der Waals surface area contributed by atoms with Gasteiger partial charge in [0.1, 0.15) is 17.6 Å². The third kappa shape index (κ3) is 4.45. The van der Waals surface area contributed by atoms with Gasteiger partial charge in [0, 0.05) is 18.4 Å². The first-order valence-corrected chi connectivity index (χ1v) is 8.11. The molecule has 0 spiro atoms. The first-order valence-electron chi connectivity index (χ1n) is 8.11. The molecule has 3 rings (SSSR count). The minimum Gasteiger partial charge on any atom is -0.497 e. The fourth-order valence-electron chi connectivity index (χ4n) is 2.56. The van der Waals surface area contributed by atoms with Gasteiger partial charge in [-0.3, -0.25) is 4.79 Å². The molecule has 1 atom stereocenters. The van der Waals surface area contributed by atoms with Crippen molar-refractivity contribution in [3.63, 3.8) is 0 Å². The van der Waals surface area contributed by atoms with Gasteiger partial charge in [-0.15, -0.1) is 0 Å². The van der Waals surface area contributed by atoms with Gasteiger partial charge >= 0.3 is 0 Å². The minimum absolute atomic E-state index is 0.0201.